The first kappa shape index (κ1) is 11.5. The topological polar surface area (TPSA) is 66.4 Å². The minimum atomic E-state index is -1.00. The van der Waals surface area contributed by atoms with Crippen LogP contribution in [0.5, 0.6) is 0 Å². The highest BCUT2D eigenvalue weighted by molar-refractivity contribution is 6.32. The van der Waals surface area contributed by atoms with Crippen molar-refractivity contribution in [2.24, 2.45) is 0 Å². The molecule has 0 aromatic heterocycles. The molecule has 1 rings (SSSR count). The summed E-state index contributed by atoms with van der Waals surface area (Å²) in [5.41, 5.74) is 0.699. The van der Waals surface area contributed by atoms with Crippen molar-refractivity contribution < 1.29 is 14.7 Å². The number of halogens is 1. The molecular weight excluding hydrogens is 218 g/mol. The maximum absolute atomic E-state index is 11.2. The summed E-state index contributed by atoms with van der Waals surface area (Å²) in [6, 6.07) is 5.86. The number of carboxylic acid groups (broad SMARTS) is 1. The zero-order valence-corrected chi connectivity index (χ0v) is 8.78. The molecule has 1 aromatic carbocycles. The van der Waals surface area contributed by atoms with E-state index in [-0.39, 0.29) is 11.5 Å². The second-order valence-corrected chi connectivity index (χ2v) is 3.64. The molecular formula is C10H10ClNO3. The molecule has 0 aliphatic heterocycles. The first-order valence-electron chi connectivity index (χ1n) is 4.29. The maximum Gasteiger partial charge on any atom is 0.335 e. The number of carbonyl (C=O) groups is 2. The van der Waals surface area contributed by atoms with Gasteiger partial charge in [-0.05, 0) is 31.2 Å². The molecule has 1 atom stereocenters. The molecule has 1 unspecified atom stereocenters. The highest BCUT2D eigenvalue weighted by Crippen LogP contribution is 2.10. The number of rotatable bonds is 3. The van der Waals surface area contributed by atoms with Gasteiger partial charge in [-0.2, -0.15) is 0 Å². The minimum absolute atomic E-state index is 0.173. The largest absolute Gasteiger partial charge is 0.478 e. The van der Waals surface area contributed by atoms with Crippen LogP contribution in [0.2, 0.25) is 0 Å². The van der Waals surface area contributed by atoms with Gasteiger partial charge >= 0.3 is 5.97 Å². The van der Waals surface area contributed by atoms with Gasteiger partial charge in [0.1, 0.15) is 5.38 Å². The van der Waals surface area contributed by atoms with Gasteiger partial charge < -0.3 is 10.4 Å². The van der Waals surface area contributed by atoms with Crippen molar-refractivity contribution in [3.63, 3.8) is 0 Å². The zero-order chi connectivity index (χ0) is 11.4. The second kappa shape index (κ2) is 4.79. The third kappa shape index (κ3) is 3.25. The molecule has 0 fully saturated rings. The molecule has 2 N–H and O–H groups in total. The molecule has 0 spiro atoms. The van der Waals surface area contributed by atoms with Crippen molar-refractivity contribution in [3.05, 3.63) is 29.8 Å². The Kier molecular flexibility index (Phi) is 3.68. The molecule has 0 saturated heterocycles. The summed E-state index contributed by atoms with van der Waals surface area (Å²) in [6.45, 7) is 1.56. The van der Waals surface area contributed by atoms with Gasteiger partial charge in [-0.1, -0.05) is 0 Å². The lowest BCUT2D eigenvalue weighted by Gasteiger charge is -2.06. The Morgan fingerprint density at radius 1 is 1.33 bits per heavy atom. The Labute approximate surface area is 91.9 Å². The van der Waals surface area contributed by atoms with E-state index in [2.05, 4.69) is 5.32 Å². The van der Waals surface area contributed by atoms with Gasteiger partial charge in [0.05, 0.1) is 5.56 Å². The molecule has 0 aliphatic carbocycles. The predicted octanol–water partition coefficient (Wildman–Crippen LogP) is 1.95. The van der Waals surface area contributed by atoms with E-state index in [1.54, 1.807) is 6.92 Å². The van der Waals surface area contributed by atoms with Crippen LogP contribution >= 0.6 is 11.6 Å². The molecule has 5 heteroatoms. The Morgan fingerprint density at radius 3 is 2.27 bits per heavy atom. The second-order valence-electron chi connectivity index (χ2n) is 2.99. The van der Waals surface area contributed by atoms with E-state index in [1.807, 2.05) is 0 Å². The summed E-state index contributed by atoms with van der Waals surface area (Å²) in [5.74, 6) is -1.32. The highest BCUT2D eigenvalue weighted by atomic mass is 35.5. The average molecular weight is 228 g/mol. The molecule has 15 heavy (non-hydrogen) atoms. The van der Waals surface area contributed by atoms with E-state index >= 15 is 0 Å². The van der Waals surface area contributed by atoms with Gasteiger partial charge in [0, 0.05) is 5.69 Å². The molecule has 0 aliphatic rings. The number of aromatic carboxylic acids is 1. The van der Waals surface area contributed by atoms with Crippen LogP contribution in [0.3, 0.4) is 0 Å². The fraction of sp³-hybridized carbons (Fsp3) is 0.200. The summed E-state index contributed by atoms with van der Waals surface area (Å²) >= 11 is 5.55. The quantitative estimate of drug-likeness (QED) is 0.776. The van der Waals surface area contributed by atoms with Crippen molar-refractivity contribution in [3.8, 4) is 0 Å². The van der Waals surface area contributed by atoms with Gasteiger partial charge in [-0.3, -0.25) is 4.79 Å². The Balaban J connectivity index is 2.73. The molecule has 4 nitrogen and oxygen atoms in total. The molecule has 1 aromatic rings. The highest BCUT2D eigenvalue weighted by Gasteiger charge is 2.09. The number of benzene rings is 1. The predicted molar refractivity (Wildman–Crippen MR) is 57.3 cm³/mol. The smallest absolute Gasteiger partial charge is 0.335 e. The van der Waals surface area contributed by atoms with Crippen molar-refractivity contribution in [2.75, 3.05) is 5.32 Å². The van der Waals surface area contributed by atoms with Gasteiger partial charge in [0.15, 0.2) is 0 Å². The Bertz CT molecular complexity index is 373. The van der Waals surface area contributed by atoms with Gasteiger partial charge in [0.2, 0.25) is 5.91 Å². The van der Waals surface area contributed by atoms with Crippen molar-refractivity contribution >= 4 is 29.2 Å². The number of nitrogens with one attached hydrogen (secondary N) is 1. The summed E-state index contributed by atoms with van der Waals surface area (Å²) < 4.78 is 0. The minimum Gasteiger partial charge on any atom is -0.478 e. The fourth-order valence-corrected chi connectivity index (χ4v) is 0.992. The van der Waals surface area contributed by atoms with Crippen LogP contribution < -0.4 is 5.32 Å². The van der Waals surface area contributed by atoms with E-state index in [0.29, 0.717) is 5.69 Å². The van der Waals surface area contributed by atoms with Gasteiger partial charge in [-0.15, -0.1) is 11.6 Å². The molecule has 0 radical (unpaired) electrons. The third-order valence-electron chi connectivity index (χ3n) is 1.76. The average Bonchev–Trinajstić information content (AvgIpc) is 2.18. The first-order valence-corrected chi connectivity index (χ1v) is 4.72. The summed E-state index contributed by atoms with van der Waals surface area (Å²) in [5, 5.41) is 10.6. The van der Waals surface area contributed by atoms with E-state index in [4.69, 9.17) is 16.7 Å². The molecule has 0 heterocycles. The zero-order valence-electron chi connectivity index (χ0n) is 8.03. The number of hydrogen-bond acceptors (Lipinski definition) is 2. The molecule has 1 amide bonds. The van der Waals surface area contributed by atoms with Crippen LogP contribution in [-0.4, -0.2) is 22.4 Å². The summed E-state index contributed by atoms with van der Waals surface area (Å²) in [7, 11) is 0. The lowest BCUT2D eigenvalue weighted by molar-refractivity contribution is -0.115. The van der Waals surface area contributed by atoms with Crippen molar-refractivity contribution in [1.82, 2.24) is 0 Å². The normalized spacial score (nSPS) is 11.9. The number of carboxylic acids is 1. The summed E-state index contributed by atoms with van der Waals surface area (Å²) in [4.78, 5) is 21.7. The lowest BCUT2D eigenvalue weighted by atomic mass is 10.2. The number of alkyl halides is 1. The van der Waals surface area contributed by atoms with Crippen LogP contribution in [0.1, 0.15) is 17.3 Å². The number of hydrogen-bond donors (Lipinski definition) is 2. The van der Waals surface area contributed by atoms with Gasteiger partial charge in [-0.25, -0.2) is 4.79 Å². The van der Waals surface area contributed by atoms with Crippen LogP contribution in [-0.2, 0) is 4.79 Å². The van der Waals surface area contributed by atoms with Crippen LogP contribution in [0.25, 0.3) is 0 Å². The van der Waals surface area contributed by atoms with Crippen LogP contribution in [0.4, 0.5) is 5.69 Å². The number of carbonyl (C=O) groups excluding carboxylic acids is 1. The summed E-state index contributed by atoms with van der Waals surface area (Å²) in [6.07, 6.45) is 0. The maximum atomic E-state index is 11.2. The van der Waals surface area contributed by atoms with E-state index < -0.39 is 11.3 Å². The van der Waals surface area contributed by atoms with Crippen molar-refractivity contribution in [1.29, 1.82) is 0 Å². The molecule has 0 saturated carbocycles. The lowest BCUT2D eigenvalue weighted by Crippen LogP contribution is -2.20. The molecule has 0 bridgehead atoms. The van der Waals surface area contributed by atoms with Gasteiger partial charge in [0.25, 0.3) is 0 Å². The Hall–Kier alpha value is -1.55. The fourth-order valence-electron chi connectivity index (χ4n) is 0.938. The van der Waals surface area contributed by atoms with E-state index in [0.717, 1.165) is 0 Å². The SMILES string of the molecule is CC(Cl)C(=O)Nc1ccc(C(=O)O)cc1. The van der Waals surface area contributed by atoms with E-state index in [1.165, 1.54) is 24.3 Å². The van der Waals surface area contributed by atoms with Crippen LogP contribution in [0.15, 0.2) is 24.3 Å². The van der Waals surface area contributed by atoms with Crippen molar-refractivity contribution in [2.45, 2.75) is 12.3 Å². The number of anilines is 1. The Morgan fingerprint density at radius 2 is 1.87 bits per heavy atom. The first-order chi connectivity index (χ1) is 7.00. The number of amides is 1. The third-order valence-corrected chi connectivity index (χ3v) is 1.96. The standard InChI is InChI=1S/C10H10ClNO3/c1-6(11)9(13)12-8-4-2-7(3-5-8)10(14)15/h2-6H,1H3,(H,12,13)(H,14,15). The molecule has 80 valence electrons. The monoisotopic (exact) mass is 227 g/mol. The van der Waals surface area contributed by atoms with Crippen LogP contribution in [0, 0.1) is 0 Å². The van der Waals surface area contributed by atoms with E-state index in [9.17, 15) is 9.59 Å².